The minimum atomic E-state index is 0.485. The number of hydrogen-bond donors (Lipinski definition) is 1. The van der Waals surface area contributed by atoms with E-state index in [0.29, 0.717) is 6.54 Å². The summed E-state index contributed by atoms with van der Waals surface area (Å²) in [6.45, 7) is 2.17. The van der Waals surface area contributed by atoms with E-state index in [1.54, 1.807) is 0 Å². The lowest BCUT2D eigenvalue weighted by Crippen LogP contribution is -2.34. The molecule has 11 heavy (non-hydrogen) atoms. The summed E-state index contributed by atoms with van der Waals surface area (Å²) in [4.78, 5) is 2.05. The van der Waals surface area contributed by atoms with Crippen LogP contribution in [0.1, 0.15) is 12.8 Å². The van der Waals surface area contributed by atoms with Gasteiger partial charge < -0.3 is 5.21 Å². The Labute approximate surface area is 65.7 Å². The van der Waals surface area contributed by atoms with Crippen LogP contribution in [0.2, 0.25) is 0 Å². The van der Waals surface area contributed by atoms with Crippen molar-refractivity contribution < 1.29 is 5.21 Å². The molecule has 0 aromatic rings. The Kier molecular flexibility index (Phi) is 2.87. The fourth-order valence-corrected chi connectivity index (χ4v) is 1.17. The third-order valence-electron chi connectivity index (χ3n) is 1.87. The molecule has 0 saturated carbocycles. The first-order valence-corrected chi connectivity index (χ1v) is 3.66. The smallest absolute Gasteiger partial charge is 0.0866 e. The highest BCUT2D eigenvalue weighted by atomic mass is 16.4. The van der Waals surface area contributed by atoms with Crippen molar-refractivity contribution in [1.29, 1.82) is 5.26 Å². The molecule has 0 spiro atoms. The fraction of sp³-hybridized carbons (Fsp3) is 0.714. The van der Waals surface area contributed by atoms with Gasteiger partial charge in [0.25, 0.3) is 0 Å². The second-order valence-electron chi connectivity index (χ2n) is 2.60. The Bertz CT molecular complexity index is 184. The second kappa shape index (κ2) is 3.94. The molecule has 1 N–H and O–H groups in total. The van der Waals surface area contributed by atoms with Gasteiger partial charge in [-0.2, -0.15) is 5.26 Å². The van der Waals surface area contributed by atoms with E-state index in [4.69, 9.17) is 10.5 Å². The summed E-state index contributed by atoms with van der Waals surface area (Å²) >= 11 is 0. The van der Waals surface area contributed by atoms with Crippen LogP contribution in [0.25, 0.3) is 0 Å². The van der Waals surface area contributed by atoms with E-state index in [1.807, 2.05) is 0 Å². The lowest BCUT2D eigenvalue weighted by molar-refractivity contribution is 0.284. The Morgan fingerprint density at radius 2 is 2.18 bits per heavy atom. The second-order valence-corrected chi connectivity index (χ2v) is 2.60. The van der Waals surface area contributed by atoms with E-state index in [1.165, 1.54) is 0 Å². The van der Waals surface area contributed by atoms with Gasteiger partial charge in [0.1, 0.15) is 0 Å². The Hall–Kier alpha value is -1.08. The molecule has 0 bridgehead atoms. The van der Waals surface area contributed by atoms with Crippen LogP contribution in [0.3, 0.4) is 0 Å². The van der Waals surface area contributed by atoms with Crippen LogP contribution in [-0.2, 0) is 0 Å². The molecule has 1 rings (SSSR count). The van der Waals surface area contributed by atoms with Crippen molar-refractivity contribution in [1.82, 2.24) is 4.90 Å². The predicted molar refractivity (Wildman–Crippen MR) is 40.5 cm³/mol. The van der Waals surface area contributed by atoms with Crippen LogP contribution < -0.4 is 0 Å². The van der Waals surface area contributed by atoms with Crippen LogP contribution in [0, 0.1) is 11.3 Å². The first-order chi connectivity index (χ1) is 5.36. The Morgan fingerprint density at radius 1 is 1.55 bits per heavy atom. The van der Waals surface area contributed by atoms with Crippen LogP contribution in [-0.4, -0.2) is 35.5 Å². The molecular formula is C7H11N3O. The molecule has 0 unspecified atom stereocenters. The lowest BCUT2D eigenvalue weighted by atomic mass is 10.1. The standard InChI is InChI=1S/C7H11N3O/c8-3-6-10-4-1-7(9-11)2-5-10/h11H,1-2,4-6H2. The van der Waals surface area contributed by atoms with Crippen molar-refractivity contribution in [2.45, 2.75) is 12.8 Å². The molecule has 1 aliphatic heterocycles. The van der Waals surface area contributed by atoms with Gasteiger partial charge in [-0.1, -0.05) is 5.16 Å². The van der Waals surface area contributed by atoms with E-state index in [0.717, 1.165) is 31.6 Å². The van der Waals surface area contributed by atoms with Crippen molar-refractivity contribution in [3.8, 4) is 6.07 Å². The van der Waals surface area contributed by atoms with Gasteiger partial charge >= 0.3 is 0 Å². The molecular weight excluding hydrogens is 142 g/mol. The molecule has 0 aromatic carbocycles. The summed E-state index contributed by atoms with van der Waals surface area (Å²) in [6, 6.07) is 2.09. The molecule has 0 radical (unpaired) electrons. The SMILES string of the molecule is N#CCN1CCC(=NO)CC1. The third-order valence-corrected chi connectivity index (χ3v) is 1.87. The molecule has 1 heterocycles. The summed E-state index contributed by atoms with van der Waals surface area (Å²) in [5, 5.41) is 19.9. The number of hydrogen-bond acceptors (Lipinski definition) is 4. The summed E-state index contributed by atoms with van der Waals surface area (Å²) < 4.78 is 0. The van der Waals surface area contributed by atoms with E-state index in [-0.39, 0.29) is 0 Å². The monoisotopic (exact) mass is 153 g/mol. The average Bonchev–Trinajstić information content (AvgIpc) is 2.07. The largest absolute Gasteiger partial charge is 0.411 e. The number of nitrogens with zero attached hydrogens (tertiary/aromatic N) is 3. The lowest BCUT2D eigenvalue weighted by Gasteiger charge is -2.23. The van der Waals surface area contributed by atoms with Gasteiger partial charge in [-0.3, -0.25) is 4.90 Å². The average molecular weight is 153 g/mol. The number of oxime groups is 1. The van der Waals surface area contributed by atoms with Gasteiger partial charge in [-0.15, -0.1) is 0 Å². The molecule has 4 nitrogen and oxygen atoms in total. The zero-order chi connectivity index (χ0) is 8.10. The Morgan fingerprint density at radius 3 is 2.64 bits per heavy atom. The quantitative estimate of drug-likeness (QED) is 0.338. The van der Waals surface area contributed by atoms with Crippen molar-refractivity contribution in [3.05, 3.63) is 0 Å². The van der Waals surface area contributed by atoms with Crippen LogP contribution in [0.4, 0.5) is 0 Å². The van der Waals surface area contributed by atoms with E-state index in [2.05, 4.69) is 16.1 Å². The van der Waals surface area contributed by atoms with Gasteiger partial charge in [-0.05, 0) is 0 Å². The minimum absolute atomic E-state index is 0.485. The van der Waals surface area contributed by atoms with Gasteiger partial charge in [0.2, 0.25) is 0 Å². The molecule has 0 atom stereocenters. The van der Waals surface area contributed by atoms with E-state index >= 15 is 0 Å². The number of rotatable bonds is 1. The maximum Gasteiger partial charge on any atom is 0.0866 e. The summed E-state index contributed by atoms with van der Waals surface area (Å²) in [7, 11) is 0. The van der Waals surface area contributed by atoms with Crippen molar-refractivity contribution in [3.63, 3.8) is 0 Å². The molecule has 1 aliphatic rings. The highest BCUT2D eigenvalue weighted by Crippen LogP contribution is 2.05. The van der Waals surface area contributed by atoms with Gasteiger partial charge in [0.05, 0.1) is 18.3 Å². The molecule has 60 valence electrons. The topological polar surface area (TPSA) is 59.6 Å². The van der Waals surface area contributed by atoms with Gasteiger partial charge in [0, 0.05) is 25.9 Å². The zero-order valence-corrected chi connectivity index (χ0v) is 6.32. The van der Waals surface area contributed by atoms with Crippen molar-refractivity contribution in [2.75, 3.05) is 19.6 Å². The number of piperidine rings is 1. The van der Waals surface area contributed by atoms with Gasteiger partial charge in [-0.25, -0.2) is 0 Å². The van der Waals surface area contributed by atoms with Gasteiger partial charge in [0.15, 0.2) is 0 Å². The van der Waals surface area contributed by atoms with E-state index < -0.39 is 0 Å². The van der Waals surface area contributed by atoms with Crippen LogP contribution in [0.5, 0.6) is 0 Å². The highest BCUT2D eigenvalue weighted by Gasteiger charge is 2.13. The predicted octanol–water partition coefficient (Wildman–Crippen LogP) is 0.436. The number of nitriles is 1. The molecule has 0 aliphatic carbocycles. The normalized spacial score (nSPS) is 19.4. The van der Waals surface area contributed by atoms with Crippen LogP contribution in [0.15, 0.2) is 5.16 Å². The Balaban J connectivity index is 2.31. The molecule has 1 saturated heterocycles. The summed E-state index contributed by atoms with van der Waals surface area (Å²) in [6.07, 6.45) is 1.58. The number of likely N-dealkylation sites (tertiary alicyclic amines) is 1. The first-order valence-electron chi connectivity index (χ1n) is 3.66. The summed E-state index contributed by atoms with van der Waals surface area (Å²) in [5.41, 5.74) is 0.846. The maximum absolute atomic E-state index is 8.41. The van der Waals surface area contributed by atoms with Crippen LogP contribution >= 0.6 is 0 Å². The highest BCUT2D eigenvalue weighted by molar-refractivity contribution is 5.84. The summed E-state index contributed by atoms with van der Waals surface area (Å²) in [5.74, 6) is 0. The van der Waals surface area contributed by atoms with Crippen molar-refractivity contribution >= 4 is 5.71 Å². The first kappa shape index (κ1) is 8.02. The van der Waals surface area contributed by atoms with E-state index in [9.17, 15) is 0 Å². The molecule has 0 amide bonds. The third kappa shape index (κ3) is 2.20. The fourth-order valence-electron chi connectivity index (χ4n) is 1.17. The minimum Gasteiger partial charge on any atom is -0.411 e. The molecule has 0 aromatic heterocycles. The zero-order valence-electron chi connectivity index (χ0n) is 6.32. The molecule has 1 fully saturated rings. The van der Waals surface area contributed by atoms with Crippen molar-refractivity contribution in [2.24, 2.45) is 5.16 Å². The molecule has 4 heteroatoms. The maximum atomic E-state index is 8.41.